The third-order valence-electron chi connectivity index (χ3n) is 5.77. The minimum Gasteiger partial charge on any atom is -0.374 e. The van der Waals surface area contributed by atoms with Crippen molar-refractivity contribution in [3.8, 4) is 11.3 Å². The highest BCUT2D eigenvalue weighted by molar-refractivity contribution is 6.04. The van der Waals surface area contributed by atoms with Crippen LogP contribution in [0.5, 0.6) is 0 Å². The Kier molecular flexibility index (Phi) is 5.64. The topological polar surface area (TPSA) is 98.9 Å². The van der Waals surface area contributed by atoms with E-state index in [4.69, 9.17) is 0 Å². The zero-order chi connectivity index (χ0) is 24.6. The molecule has 4 N–H and O–H groups in total. The Bertz CT molecular complexity index is 1410. The molecule has 2 aromatic carbocycles. The van der Waals surface area contributed by atoms with E-state index in [9.17, 15) is 22.8 Å². The van der Waals surface area contributed by atoms with Gasteiger partial charge in [0.15, 0.2) is 0 Å². The third kappa shape index (κ3) is 4.81. The highest BCUT2D eigenvalue weighted by Gasteiger charge is 2.30. The van der Waals surface area contributed by atoms with Gasteiger partial charge in [-0.1, -0.05) is 6.07 Å². The first-order valence-electron chi connectivity index (χ1n) is 10.9. The summed E-state index contributed by atoms with van der Waals surface area (Å²) in [6.07, 6.45) is -2.05. The number of rotatable bonds is 5. The Balaban J connectivity index is 1.47. The minimum absolute atomic E-state index is 0.0532. The molecule has 1 atom stereocenters. The highest BCUT2D eigenvalue weighted by Crippen LogP contribution is 2.30. The second-order valence-electron chi connectivity index (χ2n) is 8.21. The maximum Gasteiger partial charge on any atom is 0.416 e. The normalized spacial score (nSPS) is 15.7. The summed E-state index contributed by atoms with van der Waals surface area (Å²) in [4.78, 5) is 32.7. The predicted octanol–water partition coefficient (Wildman–Crippen LogP) is 4.80. The summed E-state index contributed by atoms with van der Waals surface area (Å²) in [5.74, 6) is -0.721. The van der Waals surface area contributed by atoms with Gasteiger partial charge in [-0.15, -0.1) is 0 Å². The molecular formula is C25H20F3N5O2. The van der Waals surface area contributed by atoms with Crippen molar-refractivity contribution in [1.29, 1.82) is 0 Å². The average molecular weight is 479 g/mol. The van der Waals surface area contributed by atoms with Crippen LogP contribution in [0.2, 0.25) is 0 Å². The number of amides is 2. The van der Waals surface area contributed by atoms with Gasteiger partial charge in [-0.05, 0) is 61.0 Å². The van der Waals surface area contributed by atoms with Gasteiger partial charge in [0.2, 0.25) is 5.91 Å². The van der Waals surface area contributed by atoms with Crippen LogP contribution in [0, 0.1) is 0 Å². The summed E-state index contributed by atoms with van der Waals surface area (Å²) in [5, 5.41) is 9.47. The van der Waals surface area contributed by atoms with Gasteiger partial charge in [0.05, 0.1) is 11.3 Å². The number of anilines is 2. The fourth-order valence-electron chi connectivity index (χ4n) is 3.96. The molecule has 1 saturated heterocycles. The molecule has 3 heterocycles. The van der Waals surface area contributed by atoms with Crippen LogP contribution in [0.3, 0.4) is 0 Å². The van der Waals surface area contributed by atoms with Crippen molar-refractivity contribution >= 4 is 34.1 Å². The van der Waals surface area contributed by atoms with Gasteiger partial charge in [-0.25, -0.2) is 4.98 Å². The predicted molar refractivity (Wildman–Crippen MR) is 126 cm³/mol. The summed E-state index contributed by atoms with van der Waals surface area (Å²) in [5.41, 5.74) is 2.20. The van der Waals surface area contributed by atoms with Crippen molar-refractivity contribution in [3.63, 3.8) is 0 Å². The number of benzene rings is 2. The number of carbonyl (C=O) groups excluding carboxylic acids is 2. The van der Waals surface area contributed by atoms with E-state index in [1.165, 1.54) is 18.2 Å². The molecule has 2 aromatic heterocycles. The van der Waals surface area contributed by atoms with E-state index < -0.39 is 23.7 Å². The number of pyridine rings is 1. The zero-order valence-corrected chi connectivity index (χ0v) is 18.2. The number of nitrogens with zero attached hydrogens (tertiary/aromatic N) is 1. The van der Waals surface area contributed by atoms with E-state index in [1.807, 2.05) is 30.5 Å². The molecule has 0 spiro atoms. The van der Waals surface area contributed by atoms with Crippen LogP contribution in [-0.4, -0.2) is 34.4 Å². The summed E-state index contributed by atoms with van der Waals surface area (Å²) < 4.78 is 38.5. The third-order valence-corrected chi connectivity index (χ3v) is 5.77. The van der Waals surface area contributed by atoms with E-state index in [0.29, 0.717) is 24.3 Å². The number of carbonyl (C=O) groups is 2. The van der Waals surface area contributed by atoms with E-state index in [2.05, 4.69) is 25.9 Å². The first-order valence-corrected chi connectivity index (χ1v) is 10.9. The number of halogens is 3. The molecule has 178 valence electrons. The molecule has 10 heteroatoms. The van der Waals surface area contributed by atoms with Crippen molar-refractivity contribution < 1.29 is 22.8 Å². The Morgan fingerprint density at radius 2 is 1.80 bits per heavy atom. The molecule has 1 unspecified atom stereocenters. The summed E-state index contributed by atoms with van der Waals surface area (Å²) >= 11 is 0. The summed E-state index contributed by atoms with van der Waals surface area (Å²) in [7, 11) is 0. The maximum absolute atomic E-state index is 13.0. The molecule has 1 fully saturated rings. The van der Waals surface area contributed by atoms with E-state index in [-0.39, 0.29) is 17.3 Å². The molecule has 35 heavy (non-hydrogen) atoms. The molecule has 0 radical (unpaired) electrons. The lowest BCUT2D eigenvalue weighted by molar-refractivity contribution is -0.137. The molecule has 7 nitrogen and oxygen atoms in total. The smallest absolute Gasteiger partial charge is 0.374 e. The lowest BCUT2D eigenvalue weighted by Crippen LogP contribution is -2.29. The molecule has 0 aliphatic carbocycles. The van der Waals surface area contributed by atoms with Gasteiger partial charge in [-0.3, -0.25) is 9.59 Å². The quantitative estimate of drug-likeness (QED) is 0.330. The fraction of sp³-hybridized carbons (Fsp3) is 0.160. The molecule has 2 amide bonds. The number of aromatic nitrogens is 2. The number of alkyl halides is 3. The molecule has 1 aliphatic heterocycles. The second-order valence-corrected chi connectivity index (χ2v) is 8.21. The zero-order valence-electron chi connectivity index (χ0n) is 18.2. The van der Waals surface area contributed by atoms with Crippen molar-refractivity contribution in [3.05, 3.63) is 78.1 Å². The van der Waals surface area contributed by atoms with Crippen LogP contribution in [0.15, 0.2) is 66.9 Å². The number of nitrogens with one attached hydrogen (secondary N) is 4. The minimum atomic E-state index is -4.47. The number of hydrogen-bond acceptors (Lipinski definition) is 4. The van der Waals surface area contributed by atoms with Crippen LogP contribution in [0.4, 0.5) is 24.5 Å². The monoisotopic (exact) mass is 479 g/mol. The standard InChI is InChI=1S/C25H20F3N5O2/c26-25(27,28)16-2-4-17(5-3-16)32-24(35)22-13-18(31-20-8-10-30-23(20)34)12-21(33-22)14-1-6-19-15(11-14)7-9-29-19/h1-7,9,11-13,20,29H,8,10H2,(H,30,34)(H,31,33)(H,32,35). The van der Waals surface area contributed by atoms with Crippen LogP contribution in [0.25, 0.3) is 22.2 Å². The van der Waals surface area contributed by atoms with E-state index >= 15 is 0 Å². The number of fused-ring (bicyclic) bond motifs is 1. The second kappa shape index (κ2) is 8.79. The molecule has 1 aliphatic rings. The Morgan fingerprint density at radius 3 is 2.51 bits per heavy atom. The number of hydrogen-bond donors (Lipinski definition) is 4. The molecule has 0 bridgehead atoms. The Hall–Kier alpha value is -4.34. The van der Waals surface area contributed by atoms with Gasteiger partial charge >= 0.3 is 6.18 Å². The van der Waals surface area contributed by atoms with Gasteiger partial charge in [0.25, 0.3) is 5.91 Å². The number of aromatic amines is 1. The maximum atomic E-state index is 13.0. The molecule has 5 rings (SSSR count). The van der Waals surface area contributed by atoms with Gasteiger partial charge in [0, 0.05) is 40.6 Å². The lowest BCUT2D eigenvalue weighted by Gasteiger charge is -2.15. The lowest BCUT2D eigenvalue weighted by atomic mass is 10.1. The van der Waals surface area contributed by atoms with Crippen LogP contribution < -0.4 is 16.0 Å². The molecule has 0 saturated carbocycles. The van der Waals surface area contributed by atoms with Crippen molar-refractivity contribution in [2.24, 2.45) is 0 Å². The van der Waals surface area contributed by atoms with Crippen molar-refractivity contribution in [2.45, 2.75) is 18.6 Å². The largest absolute Gasteiger partial charge is 0.416 e. The van der Waals surface area contributed by atoms with Crippen molar-refractivity contribution in [1.82, 2.24) is 15.3 Å². The summed E-state index contributed by atoms with van der Waals surface area (Å²) in [6, 6.07) is 14.6. The fourth-order valence-corrected chi connectivity index (χ4v) is 3.96. The van der Waals surface area contributed by atoms with E-state index in [1.54, 1.807) is 6.07 Å². The summed E-state index contributed by atoms with van der Waals surface area (Å²) in [6.45, 7) is 0.555. The van der Waals surface area contributed by atoms with E-state index in [0.717, 1.165) is 28.6 Å². The van der Waals surface area contributed by atoms with Crippen molar-refractivity contribution in [2.75, 3.05) is 17.2 Å². The van der Waals surface area contributed by atoms with Gasteiger partial charge in [-0.2, -0.15) is 13.2 Å². The highest BCUT2D eigenvalue weighted by atomic mass is 19.4. The van der Waals surface area contributed by atoms with Crippen LogP contribution in [-0.2, 0) is 11.0 Å². The average Bonchev–Trinajstić information content (AvgIpc) is 3.47. The van der Waals surface area contributed by atoms with Gasteiger partial charge < -0.3 is 20.9 Å². The first-order chi connectivity index (χ1) is 16.8. The molecule has 4 aromatic rings. The van der Waals surface area contributed by atoms with Crippen LogP contribution >= 0.6 is 0 Å². The van der Waals surface area contributed by atoms with Gasteiger partial charge in [0.1, 0.15) is 11.7 Å². The Labute approximate surface area is 197 Å². The number of H-pyrrole nitrogens is 1. The van der Waals surface area contributed by atoms with Crippen LogP contribution in [0.1, 0.15) is 22.5 Å². The Morgan fingerprint density at radius 1 is 1.00 bits per heavy atom. The molecular weight excluding hydrogens is 459 g/mol. The SMILES string of the molecule is O=C(Nc1ccc(C(F)(F)F)cc1)c1cc(NC2CCNC2=O)cc(-c2ccc3[nH]ccc3c2)n1. The first kappa shape index (κ1) is 22.5.